The second kappa shape index (κ2) is 8.29. The molecule has 2 saturated carbocycles. The number of pyridine rings is 1. The van der Waals surface area contributed by atoms with Crippen molar-refractivity contribution in [2.24, 2.45) is 13.0 Å². The van der Waals surface area contributed by atoms with Gasteiger partial charge in [-0.2, -0.15) is 5.10 Å². The molecule has 2 aliphatic carbocycles. The van der Waals surface area contributed by atoms with Gasteiger partial charge in [0.2, 0.25) is 0 Å². The van der Waals surface area contributed by atoms with Crippen LogP contribution in [0.15, 0.2) is 6.07 Å². The van der Waals surface area contributed by atoms with Crippen LogP contribution in [0.3, 0.4) is 0 Å². The van der Waals surface area contributed by atoms with Crippen LogP contribution in [0.1, 0.15) is 79.0 Å². The molecule has 0 atom stereocenters. The van der Waals surface area contributed by atoms with E-state index < -0.39 is 0 Å². The topological polar surface area (TPSA) is 54.3 Å². The summed E-state index contributed by atoms with van der Waals surface area (Å²) in [6, 6.07) is 2.07. The lowest BCUT2D eigenvalue weighted by Crippen LogP contribution is -2.37. The first kappa shape index (κ1) is 20.0. The highest BCUT2D eigenvalue weighted by molar-refractivity contribution is 6.06. The van der Waals surface area contributed by atoms with Crippen molar-refractivity contribution >= 4 is 16.9 Å². The summed E-state index contributed by atoms with van der Waals surface area (Å²) < 4.78 is 1.83. The molecular formula is C24H35N5O. The summed E-state index contributed by atoms with van der Waals surface area (Å²) in [6.45, 7) is 7.00. The number of aryl methyl sites for hydroxylation is 2. The molecule has 1 amide bonds. The number of aromatic nitrogens is 3. The Hall–Kier alpha value is -1.95. The van der Waals surface area contributed by atoms with Crippen LogP contribution in [0.5, 0.6) is 0 Å². The molecule has 3 fully saturated rings. The van der Waals surface area contributed by atoms with E-state index in [0.29, 0.717) is 5.92 Å². The first-order valence-electron chi connectivity index (χ1n) is 12.0. The minimum atomic E-state index is 0.167. The lowest BCUT2D eigenvalue weighted by Gasteiger charge is -2.28. The van der Waals surface area contributed by atoms with Crippen molar-refractivity contribution in [3.8, 4) is 0 Å². The van der Waals surface area contributed by atoms with Crippen LogP contribution in [0.25, 0.3) is 11.0 Å². The lowest BCUT2D eigenvalue weighted by molar-refractivity contribution is 0.0761. The molecule has 162 valence electrons. The summed E-state index contributed by atoms with van der Waals surface area (Å²) in [4.78, 5) is 23.2. The summed E-state index contributed by atoms with van der Waals surface area (Å²) in [7, 11) is 1.93. The summed E-state index contributed by atoms with van der Waals surface area (Å²) in [5.41, 5.74) is 3.64. The SMILES string of the molecule is Cc1nn(C)c2nc(C3CC3)cc(C(=O)N3CCCN(CC4CCCCC4)CC3)c12. The molecule has 0 bridgehead atoms. The molecule has 0 aromatic carbocycles. The van der Waals surface area contributed by atoms with Crippen molar-refractivity contribution < 1.29 is 4.79 Å². The zero-order chi connectivity index (χ0) is 20.7. The van der Waals surface area contributed by atoms with E-state index in [0.717, 1.165) is 66.5 Å². The predicted octanol–water partition coefficient (Wildman–Crippen LogP) is 3.88. The number of nitrogens with zero attached hydrogens (tertiary/aromatic N) is 5. The second-order valence-corrected chi connectivity index (χ2v) is 9.73. The van der Waals surface area contributed by atoms with E-state index >= 15 is 0 Å². The Morgan fingerprint density at radius 3 is 2.60 bits per heavy atom. The van der Waals surface area contributed by atoms with E-state index in [-0.39, 0.29) is 5.91 Å². The van der Waals surface area contributed by atoms with Crippen molar-refractivity contribution in [1.29, 1.82) is 0 Å². The molecule has 1 saturated heterocycles. The van der Waals surface area contributed by atoms with Crippen molar-refractivity contribution in [1.82, 2.24) is 24.6 Å². The average molecular weight is 410 g/mol. The summed E-state index contributed by atoms with van der Waals surface area (Å²) >= 11 is 0. The van der Waals surface area contributed by atoms with Gasteiger partial charge in [-0.15, -0.1) is 0 Å². The minimum absolute atomic E-state index is 0.167. The van der Waals surface area contributed by atoms with E-state index in [4.69, 9.17) is 4.98 Å². The Bertz CT molecular complexity index is 925. The summed E-state index contributed by atoms with van der Waals surface area (Å²) in [5.74, 6) is 1.55. The van der Waals surface area contributed by atoms with Gasteiger partial charge in [-0.3, -0.25) is 9.48 Å². The van der Waals surface area contributed by atoms with Crippen LogP contribution in [0.4, 0.5) is 0 Å². The van der Waals surface area contributed by atoms with E-state index in [2.05, 4.69) is 21.0 Å². The standard InChI is InChI=1S/C24H35N5O/c1-17-22-20(15-21(19-9-10-19)25-23(22)27(2)26-17)24(30)29-12-6-11-28(13-14-29)16-18-7-4-3-5-8-18/h15,18-19H,3-14,16H2,1-2H3. The first-order chi connectivity index (χ1) is 14.6. The fourth-order valence-electron chi connectivity index (χ4n) is 5.48. The van der Waals surface area contributed by atoms with Gasteiger partial charge in [-0.05, 0) is 57.6 Å². The Kier molecular flexibility index (Phi) is 5.52. The highest BCUT2D eigenvalue weighted by atomic mass is 16.2. The van der Waals surface area contributed by atoms with Gasteiger partial charge >= 0.3 is 0 Å². The van der Waals surface area contributed by atoms with Crippen LogP contribution in [-0.2, 0) is 7.05 Å². The molecule has 30 heavy (non-hydrogen) atoms. The summed E-state index contributed by atoms with van der Waals surface area (Å²) in [6.07, 6.45) is 10.4. The van der Waals surface area contributed by atoms with Gasteiger partial charge < -0.3 is 9.80 Å². The fraction of sp³-hybridized carbons (Fsp3) is 0.708. The number of carbonyl (C=O) groups is 1. The second-order valence-electron chi connectivity index (χ2n) is 9.73. The number of hydrogen-bond donors (Lipinski definition) is 0. The minimum Gasteiger partial charge on any atom is -0.337 e. The highest BCUT2D eigenvalue weighted by Crippen LogP contribution is 2.40. The normalized spacial score (nSPS) is 21.9. The fourth-order valence-corrected chi connectivity index (χ4v) is 5.48. The maximum atomic E-state index is 13.7. The van der Waals surface area contributed by atoms with Gasteiger partial charge in [-0.25, -0.2) is 4.98 Å². The van der Waals surface area contributed by atoms with Crippen molar-refractivity contribution in [3.63, 3.8) is 0 Å². The third kappa shape index (κ3) is 3.98. The first-order valence-corrected chi connectivity index (χ1v) is 12.0. The van der Waals surface area contributed by atoms with Gasteiger partial charge in [-0.1, -0.05) is 19.3 Å². The molecule has 1 aliphatic heterocycles. The van der Waals surface area contributed by atoms with Gasteiger partial charge in [0.25, 0.3) is 5.91 Å². The van der Waals surface area contributed by atoms with Crippen LogP contribution in [0.2, 0.25) is 0 Å². The predicted molar refractivity (Wildman–Crippen MR) is 119 cm³/mol. The molecule has 0 radical (unpaired) electrons. The summed E-state index contributed by atoms with van der Waals surface area (Å²) in [5, 5.41) is 5.51. The van der Waals surface area contributed by atoms with Crippen LogP contribution in [-0.4, -0.2) is 63.2 Å². The highest BCUT2D eigenvalue weighted by Gasteiger charge is 2.30. The maximum absolute atomic E-state index is 13.7. The smallest absolute Gasteiger partial charge is 0.254 e. The number of amides is 1. The third-order valence-corrected chi connectivity index (χ3v) is 7.33. The Balaban J connectivity index is 1.35. The van der Waals surface area contributed by atoms with E-state index in [1.807, 2.05) is 18.7 Å². The molecule has 6 heteroatoms. The maximum Gasteiger partial charge on any atom is 0.254 e. The zero-order valence-corrected chi connectivity index (χ0v) is 18.6. The Morgan fingerprint density at radius 1 is 1.03 bits per heavy atom. The number of carbonyl (C=O) groups excluding carboxylic acids is 1. The van der Waals surface area contributed by atoms with Gasteiger partial charge in [0, 0.05) is 44.8 Å². The van der Waals surface area contributed by atoms with Gasteiger partial charge in [0.05, 0.1) is 16.6 Å². The molecule has 3 heterocycles. The van der Waals surface area contributed by atoms with Gasteiger partial charge in [0.15, 0.2) is 5.65 Å². The van der Waals surface area contributed by atoms with Crippen molar-refractivity contribution in [3.05, 3.63) is 23.0 Å². The molecular weight excluding hydrogens is 374 g/mol. The molecule has 0 spiro atoms. The quantitative estimate of drug-likeness (QED) is 0.769. The van der Waals surface area contributed by atoms with Crippen LogP contribution in [0, 0.1) is 12.8 Å². The van der Waals surface area contributed by atoms with E-state index in [9.17, 15) is 4.79 Å². The molecule has 3 aliphatic rings. The van der Waals surface area contributed by atoms with Crippen molar-refractivity contribution in [2.75, 3.05) is 32.7 Å². The Morgan fingerprint density at radius 2 is 1.83 bits per heavy atom. The van der Waals surface area contributed by atoms with Crippen LogP contribution >= 0.6 is 0 Å². The number of hydrogen-bond acceptors (Lipinski definition) is 4. The molecule has 5 rings (SSSR count). The molecule has 0 unspecified atom stereocenters. The third-order valence-electron chi connectivity index (χ3n) is 7.33. The van der Waals surface area contributed by atoms with Crippen molar-refractivity contribution in [2.45, 2.75) is 64.2 Å². The lowest BCUT2D eigenvalue weighted by atomic mass is 9.89. The van der Waals surface area contributed by atoms with E-state index in [1.54, 1.807) is 0 Å². The monoisotopic (exact) mass is 409 g/mol. The zero-order valence-electron chi connectivity index (χ0n) is 18.6. The largest absolute Gasteiger partial charge is 0.337 e. The molecule has 0 N–H and O–H groups in total. The molecule has 2 aromatic heterocycles. The Labute approximate surface area is 179 Å². The van der Waals surface area contributed by atoms with E-state index in [1.165, 1.54) is 51.5 Å². The number of fused-ring (bicyclic) bond motifs is 1. The average Bonchev–Trinajstić information content (AvgIpc) is 3.58. The molecule has 2 aromatic rings. The molecule has 6 nitrogen and oxygen atoms in total. The van der Waals surface area contributed by atoms with Crippen LogP contribution < -0.4 is 0 Å². The number of rotatable bonds is 4. The van der Waals surface area contributed by atoms with Gasteiger partial charge in [0.1, 0.15) is 0 Å².